The molecule has 1 aromatic carbocycles. The summed E-state index contributed by atoms with van der Waals surface area (Å²) in [6.45, 7) is 11.6. The summed E-state index contributed by atoms with van der Waals surface area (Å²) in [6.07, 6.45) is 6.59. The lowest BCUT2D eigenvalue weighted by molar-refractivity contribution is 0.184. The van der Waals surface area contributed by atoms with Crippen molar-refractivity contribution in [1.82, 2.24) is 4.98 Å². The number of hydrogen-bond donors (Lipinski definition) is 0. The summed E-state index contributed by atoms with van der Waals surface area (Å²) >= 11 is 1.78. The van der Waals surface area contributed by atoms with Crippen molar-refractivity contribution in [3.63, 3.8) is 0 Å². The summed E-state index contributed by atoms with van der Waals surface area (Å²) in [5, 5.41) is 9.20. The molecular formula is C26H30FN5S. The minimum Gasteiger partial charge on any atom is -0.265 e. The average Bonchev–Trinajstić information content (AvgIpc) is 3.39. The van der Waals surface area contributed by atoms with Crippen LogP contribution in [0.5, 0.6) is 0 Å². The molecule has 0 radical (unpaired) electrons. The molecule has 172 valence electrons. The van der Waals surface area contributed by atoms with Crippen LogP contribution in [0.3, 0.4) is 0 Å². The molecule has 0 spiro atoms. The molecule has 3 heterocycles. The van der Waals surface area contributed by atoms with E-state index in [1.165, 1.54) is 22.7 Å². The van der Waals surface area contributed by atoms with Crippen molar-refractivity contribution in [2.75, 3.05) is 0 Å². The number of hydrogen-bond acceptors (Lipinski definition) is 6. The van der Waals surface area contributed by atoms with E-state index >= 15 is 0 Å². The van der Waals surface area contributed by atoms with Crippen LogP contribution in [0.1, 0.15) is 63.9 Å². The van der Waals surface area contributed by atoms with Gasteiger partial charge in [-0.25, -0.2) is 14.4 Å². The highest BCUT2D eigenvalue weighted by atomic mass is 32.1. The van der Waals surface area contributed by atoms with Crippen LogP contribution >= 0.6 is 11.3 Å². The third-order valence-electron chi connectivity index (χ3n) is 7.08. The molecule has 1 aliphatic carbocycles. The maximum atomic E-state index is 13.4. The average molecular weight is 464 g/mol. The highest BCUT2D eigenvalue weighted by Gasteiger charge is 2.42. The molecule has 0 saturated carbocycles. The lowest BCUT2D eigenvalue weighted by Gasteiger charge is -2.41. The van der Waals surface area contributed by atoms with Crippen molar-refractivity contribution in [3.05, 3.63) is 52.4 Å². The van der Waals surface area contributed by atoms with Gasteiger partial charge in [-0.2, -0.15) is 5.11 Å². The van der Waals surface area contributed by atoms with Gasteiger partial charge in [0.15, 0.2) is 5.84 Å². The summed E-state index contributed by atoms with van der Waals surface area (Å²) in [7, 11) is 0. The van der Waals surface area contributed by atoms with E-state index in [9.17, 15) is 4.39 Å². The zero-order chi connectivity index (χ0) is 23.4. The molecule has 2 aromatic rings. The first-order valence-corrected chi connectivity index (χ1v) is 12.4. The van der Waals surface area contributed by atoms with Crippen molar-refractivity contribution >= 4 is 23.5 Å². The summed E-state index contributed by atoms with van der Waals surface area (Å²) in [4.78, 5) is 15.5. The van der Waals surface area contributed by atoms with Crippen molar-refractivity contribution in [1.29, 1.82) is 0 Å². The van der Waals surface area contributed by atoms with Gasteiger partial charge in [-0.05, 0) is 60.3 Å². The Balaban J connectivity index is 1.42. The first-order valence-electron chi connectivity index (χ1n) is 11.6. The Morgan fingerprint density at radius 3 is 2.58 bits per heavy atom. The van der Waals surface area contributed by atoms with E-state index in [2.05, 4.69) is 49.8 Å². The molecule has 0 bridgehead atoms. The summed E-state index contributed by atoms with van der Waals surface area (Å²) in [6, 6.07) is 6.71. The number of fused-ring (bicyclic) bond motifs is 2. The highest BCUT2D eigenvalue weighted by Crippen LogP contribution is 2.51. The van der Waals surface area contributed by atoms with Crippen molar-refractivity contribution in [2.45, 2.75) is 65.8 Å². The van der Waals surface area contributed by atoms with Crippen LogP contribution < -0.4 is 0 Å². The van der Waals surface area contributed by atoms with Crippen molar-refractivity contribution < 1.29 is 4.39 Å². The standard InChI is InChI=1S/C26H30FN5S/c1-25(2,3)19-10-15(12-26(4,5)22-18-13-30-32-23(18)29-14-28-22)11-20-21(19)33-24(31-20)16-6-8-17(27)9-7-16/h6-9,13-15,19,22H,10-12H2,1-5H3. The molecule has 3 atom stereocenters. The predicted octanol–water partition coefficient (Wildman–Crippen LogP) is 7.22. The minimum atomic E-state index is -0.216. The van der Waals surface area contributed by atoms with Gasteiger partial charge < -0.3 is 0 Å². The van der Waals surface area contributed by atoms with Crippen LogP contribution in [0.25, 0.3) is 10.6 Å². The van der Waals surface area contributed by atoms with Crippen LogP contribution in [0.4, 0.5) is 4.39 Å². The van der Waals surface area contributed by atoms with Crippen LogP contribution in [-0.2, 0) is 6.42 Å². The maximum Gasteiger partial charge on any atom is 0.182 e. The third-order valence-corrected chi connectivity index (χ3v) is 8.34. The number of azo groups is 1. The van der Waals surface area contributed by atoms with Gasteiger partial charge >= 0.3 is 0 Å². The molecule has 3 unspecified atom stereocenters. The van der Waals surface area contributed by atoms with E-state index in [1.54, 1.807) is 17.7 Å². The van der Waals surface area contributed by atoms with Crippen molar-refractivity contribution in [3.8, 4) is 10.6 Å². The van der Waals surface area contributed by atoms with Gasteiger partial charge in [0.25, 0.3) is 0 Å². The third kappa shape index (κ3) is 4.23. The molecule has 5 nitrogen and oxygen atoms in total. The zero-order valence-electron chi connectivity index (χ0n) is 19.8. The first kappa shape index (κ1) is 22.3. The van der Waals surface area contributed by atoms with Crippen LogP contribution in [0, 0.1) is 22.6 Å². The van der Waals surface area contributed by atoms with Crippen LogP contribution in [-0.4, -0.2) is 23.2 Å². The van der Waals surface area contributed by atoms with E-state index < -0.39 is 0 Å². The Morgan fingerprint density at radius 1 is 1.09 bits per heavy atom. The number of benzene rings is 1. The number of aliphatic imine (C=N–C) groups is 2. The predicted molar refractivity (Wildman–Crippen MR) is 133 cm³/mol. The van der Waals surface area contributed by atoms with Gasteiger partial charge in [0.05, 0.1) is 17.9 Å². The molecule has 0 saturated heterocycles. The highest BCUT2D eigenvalue weighted by molar-refractivity contribution is 7.15. The number of thiazole rings is 1. The summed E-state index contributed by atoms with van der Waals surface area (Å²) in [5.41, 5.74) is 3.31. The van der Waals surface area contributed by atoms with Gasteiger partial charge in [-0.3, -0.25) is 4.99 Å². The Kier molecular flexibility index (Phi) is 5.43. The molecule has 0 fully saturated rings. The fraction of sp³-hybridized carbons (Fsp3) is 0.500. The largest absolute Gasteiger partial charge is 0.265 e. The fourth-order valence-corrected chi connectivity index (χ4v) is 6.92. The summed E-state index contributed by atoms with van der Waals surface area (Å²) < 4.78 is 13.4. The van der Waals surface area contributed by atoms with Gasteiger partial charge in [-0.15, -0.1) is 16.5 Å². The van der Waals surface area contributed by atoms with Crippen molar-refractivity contribution in [2.24, 2.45) is 37.0 Å². The Morgan fingerprint density at radius 2 is 1.85 bits per heavy atom. The molecule has 2 aliphatic heterocycles. The van der Waals surface area contributed by atoms with Gasteiger partial charge in [0, 0.05) is 21.9 Å². The van der Waals surface area contributed by atoms with E-state index in [0.717, 1.165) is 35.4 Å². The lowest BCUT2D eigenvalue weighted by Crippen LogP contribution is -2.37. The van der Waals surface area contributed by atoms with Crippen LogP contribution in [0.2, 0.25) is 0 Å². The zero-order valence-corrected chi connectivity index (χ0v) is 20.7. The summed E-state index contributed by atoms with van der Waals surface area (Å²) in [5.74, 6) is 1.43. The van der Waals surface area contributed by atoms with Crippen LogP contribution in [0.15, 0.2) is 56.3 Å². The second kappa shape index (κ2) is 8.05. The minimum absolute atomic E-state index is 0.0136. The number of aromatic nitrogens is 1. The first-order chi connectivity index (χ1) is 15.6. The van der Waals surface area contributed by atoms with Gasteiger partial charge in [0.1, 0.15) is 17.2 Å². The molecule has 3 aliphatic rings. The second-order valence-electron chi connectivity index (χ2n) is 11.2. The number of nitrogens with zero attached hydrogens (tertiary/aromatic N) is 5. The van der Waals surface area contributed by atoms with E-state index in [1.807, 2.05) is 18.3 Å². The molecular weight excluding hydrogens is 433 g/mol. The Bertz CT molecular complexity index is 1180. The fourth-order valence-electron chi connectivity index (χ4n) is 5.47. The van der Waals surface area contributed by atoms with Gasteiger partial charge in [-0.1, -0.05) is 34.6 Å². The van der Waals surface area contributed by atoms with E-state index in [4.69, 9.17) is 9.98 Å². The molecule has 5 rings (SSSR count). The second-order valence-corrected chi connectivity index (χ2v) is 12.2. The number of halogens is 1. The van der Waals surface area contributed by atoms with Gasteiger partial charge in [0.2, 0.25) is 0 Å². The normalized spacial score (nSPS) is 24.4. The Hall–Kier alpha value is -2.54. The maximum absolute atomic E-state index is 13.4. The van der Waals surface area contributed by atoms with E-state index in [-0.39, 0.29) is 22.7 Å². The molecule has 7 heteroatoms. The monoisotopic (exact) mass is 463 g/mol. The topological polar surface area (TPSA) is 62.3 Å². The molecule has 33 heavy (non-hydrogen) atoms. The molecule has 1 aromatic heterocycles. The molecule has 0 N–H and O–H groups in total. The Labute approximate surface area is 198 Å². The number of amidine groups is 1. The molecule has 0 amide bonds. The quantitative estimate of drug-likeness (QED) is 0.472. The number of rotatable bonds is 4. The lowest BCUT2D eigenvalue weighted by atomic mass is 9.65. The SMILES string of the molecule is CC(C)(C)C1CC(CC(C)(C)C2N=CN=C3N=NC=C32)Cc2nc(-c3ccc(F)cc3)sc21. The van der Waals surface area contributed by atoms with E-state index in [0.29, 0.717) is 17.7 Å². The smallest absolute Gasteiger partial charge is 0.182 e.